The van der Waals surface area contributed by atoms with Gasteiger partial charge in [0.1, 0.15) is 11.8 Å². The molecule has 0 radical (unpaired) electrons. The highest BCUT2D eigenvalue weighted by atomic mass is 35.5. The Morgan fingerprint density at radius 2 is 1.65 bits per heavy atom. The van der Waals surface area contributed by atoms with Crippen molar-refractivity contribution < 1.29 is 22.7 Å². The third-order valence-electron chi connectivity index (χ3n) is 6.17. The Labute approximate surface area is 226 Å². The van der Waals surface area contributed by atoms with Crippen LogP contribution >= 0.6 is 11.6 Å². The lowest BCUT2D eigenvalue weighted by Gasteiger charge is -2.32. The second kappa shape index (κ2) is 14.2. The number of sulfonamides is 1. The molecule has 0 fully saturated rings. The highest BCUT2D eigenvalue weighted by Gasteiger charge is 2.29. The summed E-state index contributed by atoms with van der Waals surface area (Å²) < 4.78 is 31.4. The molecule has 0 bridgehead atoms. The van der Waals surface area contributed by atoms with Crippen molar-refractivity contribution in [1.82, 2.24) is 10.2 Å². The lowest BCUT2D eigenvalue weighted by molar-refractivity contribution is -0.141. The van der Waals surface area contributed by atoms with Crippen molar-refractivity contribution in [2.45, 2.75) is 65.1 Å². The van der Waals surface area contributed by atoms with Crippen LogP contribution in [-0.2, 0) is 26.2 Å². The minimum atomic E-state index is -3.57. The van der Waals surface area contributed by atoms with E-state index in [1.54, 1.807) is 41.3 Å². The van der Waals surface area contributed by atoms with E-state index >= 15 is 0 Å². The maximum Gasteiger partial charge on any atom is 0.243 e. The lowest BCUT2D eigenvalue weighted by atomic mass is 10.1. The fraction of sp³-hybridized carbons (Fsp3) is 0.481. The lowest BCUT2D eigenvalue weighted by Crippen LogP contribution is -2.50. The minimum Gasteiger partial charge on any atom is -0.497 e. The fourth-order valence-electron chi connectivity index (χ4n) is 3.90. The van der Waals surface area contributed by atoms with E-state index in [0.717, 1.165) is 18.2 Å². The number of benzene rings is 2. The van der Waals surface area contributed by atoms with E-state index in [2.05, 4.69) is 5.32 Å². The molecular weight excluding hydrogens is 514 g/mol. The van der Waals surface area contributed by atoms with Gasteiger partial charge in [-0.3, -0.25) is 13.9 Å². The molecule has 2 aromatic rings. The van der Waals surface area contributed by atoms with Crippen LogP contribution in [0, 0.1) is 0 Å². The van der Waals surface area contributed by atoms with Crippen LogP contribution in [0.4, 0.5) is 5.69 Å². The summed E-state index contributed by atoms with van der Waals surface area (Å²) in [4.78, 5) is 28.1. The Morgan fingerprint density at radius 1 is 1.03 bits per heavy atom. The number of rotatable bonds is 14. The molecule has 2 atom stereocenters. The molecular formula is C27H38ClN3O5S. The first kappa shape index (κ1) is 30.4. The molecule has 0 spiro atoms. The van der Waals surface area contributed by atoms with Crippen molar-refractivity contribution in [2.75, 3.05) is 24.2 Å². The molecule has 0 unspecified atom stereocenters. The van der Waals surface area contributed by atoms with Crippen LogP contribution in [0.2, 0.25) is 5.02 Å². The van der Waals surface area contributed by atoms with Crippen LogP contribution in [0.15, 0.2) is 48.5 Å². The molecule has 2 rings (SSSR count). The van der Waals surface area contributed by atoms with E-state index in [4.69, 9.17) is 16.3 Å². The first-order chi connectivity index (χ1) is 17.5. The van der Waals surface area contributed by atoms with Crippen LogP contribution < -0.4 is 14.4 Å². The molecule has 0 heterocycles. The predicted molar refractivity (Wildman–Crippen MR) is 148 cm³/mol. The standard InChI is InChI=1S/C27H38ClN3O5S/c1-6-20(3)29-27(33)25(7-2)30(19-21-10-12-22(28)13-11-21)26(32)9-8-18-31(37(5,34)35)23-14-16-24(36-4)17-15-23/h10-17,20,25H,6-9,18-19H2,1-5H3,(H,29,33)/t20-,25+/m0/s1. The topological polar surface area (TPSA) is 96.0 Å². The number of hydrogen-bond acceptors (Lipinski definition) is 5. The molecule has 0 saturated carbocycles. The van der Waals surface area contributed by atoms with Crippen LogP contribution in [-0.4, -0.2) is 57.1 Å². The molecule has 0 saturated heterocycles. The Kier molecular flexibility index (Phi) is 11.7. The van der Waals surface area contributed by atoms with Crippen molar-refractivity contribution in [2.24, 2.45) is 0 Å². The number of carbonyl (C=O) groups is 2. The van der Waals surface area contributed by atoms with Gasteiger partial charge in [0, 0.05) is 30.6 Å². The number of nitrogens with one attached hydrogen (secondary N) is 1. The maximum absolute atomic E-state index is 13.5. The number of amides is 2. The Bertz CT molecular complexity index is 1120. The van der Waals surface area contributed by atoms with Gasteiger partial charge in [0.15, 0.2) is 0 Å². The quantitative estimate of drug-likeness (QED) is 0.370. The van der Waals surface area contributed by atoms with E-state index < -0.39 is 16.1 Å². The third-order valence-corrected chi connectivity index (χ3v) is 7.61. The second-order valence-electron chi connectivity index (χ2n) is 9.03. The van der Waals surface area contributed by atoms with E-state index in [9.17, 15) is 18.0 Å². The number of carbonyl (C=O) groups excluding carboxylic acids is 2. The molecule has 37 heavy (non-hydrogen) atoms. The molecule has 2 aromatic carbocycles. The molecule has 0 aromatic heterocycles. The highest BCUT2D eigenvalue weighted by Crippen LogP contribution is 2.23. The molecule has 0 aliphatic heterocycles. The molecule has 8 nitrogen and oxygen atoms in total. The normalized spacial score (nSPS) is 12.9. The summed E-state index contributed by atoms with van der Waals surface area (Å²) in [5, 5.41) is 3.57. The Balaban J connectivity index is 2.21. The third kappa shape index (κ3) is 9.23. The van der Waals surface area contributed by atoms with E-state index in [0.29, 0.717) is 29.3 Å². The number of halogens is 1. The van der Waals surface area contributed by atoms with Gasteiger partial charge in [0.25, 0.3) is 0 Å². The van der Waals surface area contributed by atoms with Gasteiger partial charge in [0.05, 0.1) is 19.1 Å². The van der Waals surface area contributed by atoms with Gasteiger partial charge in [-0.05, 0) is 68.1 Å². The fourth-order valence-corrected chi connectivity index (χ4v) is 4.99. The number of methoxy groups -OCH3 is 1. The Hall–Kier alpha value is -2.78. The molecule has 0 aliphatic carbocycles. The average Bonchev–Trinajstić information content (AvgIpc) is 2.86. The minimum absolute atomic E-state index is 0.0122. The van der Waals surface area contributed by atoms with Crippen molar-refractivity contribution in [3.05, 3.63) is 59.1 Å². The molecule has 204 valence electrons. The van der Waals surface area contributed by atoms with Crippen molar-refractivity contribution >= 4 is 39.1 Å². The summed E-state index contributed by atoms with van der Waals surface area (Å²) in [5.74, 6) is 0.200. The summed E-state index contributed by atoms with van der Waals surface area (Å²) in [6, 6.07) is 13.2. The summed E-state index contributed by atoms with van der Waals surface area (Å²) in [5.41, 5.74) is 1.34. The van der Waals surface area contributed by atoms with E-state index in [1.165, 1.54) is 11.4 Å². The number of hydrogen-bond donors (Lipinski definition) is 1. The van der Waals surface area contributed by atoms with Gasteiger partial charge in [0.2, 0.25) is 21.8 Å². The maximum atomic E-state index is 13.5. The zero-order valence-corrected chi connectivity index (χ0v) is 23.8. The summed E-state index contributed by atoms with van der Waals surface area (Å²) in [7, 11) is -2.03. The van der Waals surface area contributed by atoms with Gasteiger partial charge >= 0.3 is 0 Å². The molecule has 1 N–H and O–H groups in total. The first-order valence-electron chi connectivity index (χ1n) is 12.5. The second-order valence-corrected chi connectivity index (χ2v) is 11.4. The zero-order valence-electron chi connectivity index (χ0n) is 22.2. The van der Waals surface area contributed by atoms with Crippen LogP contribution in [0.3, 0.4) is 0 Å². The van der Waals surface area contributed by atoms with Gasteiger partial charge in [-0.15, -0.1) is 0 Å². The summed E-state index contributed by atoms with van der Waals surface area (Å²) in [6.45, 7) is 6.16. The van der Waals surface area contributed by atoms with Crippen LogP contribution in [0.5, 0.6) is 5.75 Å². The van der Waals surface area contributed by atoms with Gasteiger partial charge < -0.3 is 15.0 Å². The van der Waals surface area contributed by atoms with Gasteiger partial charge in [-0.2, -0.15) is 0 Å². The monoisotopic (exact) mass is 551 g/mol. The van der Waals surface area contributed by atoms with E-state index in [1.807, 2.05) is 32.9 Å². The summed E-state index contributed by atoms with van der Waals surface area (Å²) >= 11 is 6.02. The molecule has 2 amide bonds. The smallest absolute Gasteiger partial charge is 0.243 e. The largest absolute Gasteiger partial charge is 0.497 e. The average molecular weight is 552 g/mol. The van der Waals surface area contributed by atoms with Crippen LogP contribution in [0.1, 0.15) is 52.0 Å². The van der Waals surface area contributed by atoms with Gasteiger partial charge in [-0.1, -0.05) is 37.6 Å². The summed E-state index contributed by atoms with van der Waals surface area (Å²) in [6.07, 6.45) is 2.74. The van der Waals surface area contributed by atoms with Crippen LogP contribution in [0.25, 0.3) is 0 Å². The van der Waals surface area contributed by atoms with E-state index in [-0.39, 0.29) is 37.4 Å². The molecule has 0 aliphatic rings. The SMILES string of the molecule is CC[C@H](C(=O)N[C@@H](C)CC)N(Cc1ccc(Cl)cc1)C(=O)CCCN(c1ccc(OC)cc1)S(C)(=O)=O. The van der Waals surface area contributed by atoms with Crippen molar-refractivity contribution in [3.8, 4) is 5.75 Å². The first-order valence-corrected chi connectivity index (χ1v) is 14.7. The number of anilines is 1. The Morgan fingerprint density at radius 3 is 2.16 bits per heavy atom. The van der Waals surface area contributed by atoms with Gasteiger partial charge in [-0.25, -0.2) is 8.42 Å². The highest BCUT2D eigenvalue weighted by molar-refractivity contribution is 7.92. The number of ether oxygens (including phenoxy) is 1. The number of nitrogens with zero attached hydrogens (tertiary/aromatic N) is 2. The predicted octanol–water partition coefficient (Wildman–Crippen LogP) is 4.62. The zero-order chi connectivity index (χ0) is 27.6. The van der Waals surface area contributed by atoms with Crippen molar-refractivity contribution in [1.29, 1.82) is 0 Å². The molecule has 10 heteroatoms. The van der Waals surface area contributed by atoms with Crippen molar-refractivity contribution in [3.63, 3.8) is 0 Å².